The summed E-state index contributed by atoms with van der Waals surface area (Å²) in [5.74, 6) is -6.09. The van der Waals surface area contributed by atoms with Crippen molar-refractivity contribution in [1.82, 2.24) is 29.6 Å². The van der Waals surface area contributed by atoms with E-state index in [4.69, 9.17) is 0 Å². The fraction of sp³-hybridized carbons (Fsp3) is 0.400. The second-order valence-corrected chi connectivity index (χ2v) is 3.55. The molecule has 0 bridgehead atoms. The van der Waals surface area contributed by atoms with Crippen LogP contribution >= 0.6 is 0 Å². The quantitative estimate of drug-likeness (QED) is 0.319. The van der Waals surface area contributed by atoms with Gasteiger partial charge in [-0.2, -0.15) is 9.97 Å². The van der Waals surface area contributed by atoms with E-state index >= 15 is 0 Å². The average molecular weight is 301 g/mol. The zero-order valence-corrected chi connectivity index (χ0v) is 9.88. The SMILES string of the molecule is Cn1nnn2c(=O)nc(C([N+](=O)[O-])([N+](=O)[O-])[N+](=O)[O-])nc12. The first-order valence-corrected chi connectivity index (χ1v) is 4.83. The Morgan fingerprint density at radius 3 is 2.00 bits per heavy atom. The van der Waals surface area contributed by atoms with Crippen LogP contribution in [-0.2, 0) is 12.8 Å². The zero-order chi connectivity index (χ0) is 15.9. The fourth-order valence-corrected chi connectivity index (χ4v) is 1.41. The number of fused-ring (bicyclic) bond motifs is 1. The van der Waals surface area contributed by atoms with Gasteiger partial charge in [-0.25, -0.2) is 9.48 Å². The monoisotopic (exact) mass is 301 g/mol. The van der Waals surface area contributed by atoms with Crippen molar-refractivity contribution in [3.8, 4) is 0 Å². The van der Waals surface area contributed by atoms with E-state index in [-0.39, 0.29) is 0 Å². The second kappa shape index (κ2) is 4.21. The Bertz CT molecular complexity index is 799. The molecule has 2 aromatic rings. The highest BCUT2D eigenvalue weighted by molar-refractivity contribution is 5.23. The van der Waals surface area contributed by atoms with E-state index in [1.165, 1.54) is 7.05 Å². The molecule has 0 aliphatic rings. The predicted molar refractivity (Wildman–Crippen MR) is 56.5 cm³/mol. The summed E-state index contributed by atoms with van der Waals surface area (Å²) < 4.78 is 1.30. The molecule has 2 heterocycles. The Morgan fingerprint density at radius 2 is 1.52 bits per heavy atom. The number of rotatable bonds is 4. The number of nitro groups is 3. The first-order chi connectivity index (χ1) is 9.72. The minimum absolute atomic E-state index is 0.466. The second-order valence-electron chi connectivity index (χ2n) is 3.55. The standard InChI is InChI=1S/C5H3N9O7/c1-10-3-6-2(7-4(15)11(3)9-8-10)5(12(16)17,13(18)19)14(20)21/h1H3. The molecule has 0 aliphatic carbocycles. The van der Waals surface area contributed by atoms with E-state index in [1.807, 2.05) is 0 Å². The zero-order valence-electron chi connectivity index (χ0n) is 9.88. The van der Waals surface area contributed by atoms with Gasteiger partial charge in [0.25, 0.3) is 5.78 Å². The summed E-state index contributed by atoms with van der Waals surface area (Å²) in [5, 5.41) is 39.2. The van der Waals surface area contributed by atoms with E-state index in [9.17, 15) is 35.1 Å². The summed E-state index contributed by atoms with van der Waals surface area (Å²) in [6, 6.07) is 0. The van der Waals surface area contributed by atoms with E-state index in [2.05, 4.69) is 20.4 Å². The Kier molecular flexibility index (Phi) is 2.78. The molecule has 0 saturated heterocycles. The van der Waals surface area contributed by atoms with Crippen molar-refractivity contribution in [1.29, 1.82) is 0 Å². The summed E-state index contributed by atoms with van der Waals surface area (Å²) in [6.07, 6.45) is 0. The minimum Gasteiger partial charge on any atom is -0.252 e. The van der Waals surface area contributed by atoms with Gasteiger partial charge < -0.3 is 0 Å². The highest BCUT2D eigenvalue weighted by Gasteiger charge is 2.76. The number of aromatic nitrogens is 6. The molecule has 2 aromatic heterocycles. The van der Waals surface area contributed by atoms with Crippen LogP contribution in [0.25, 0.3) is 5.78 Å². The van der Waals surface area contributed by atoms with Crippen LogP contribution in [0.2, 0.25) is 0 Å². The highest BCUT2D eigenvalue weighted by atomic mass is 16.7. The van der Waals surface area contributed by atoms with Crippen molar-refractivity contribution in [3.05, 3.63) is 46.7 Å². The lowest BCUT2D eigenvalue weighted by Crippen LogP contribution is -2.52. The smallest absolute Gasteiger partial charge is 0.252 e. The number of tetrazole rings is 1. The Balaban J connectivity index is 2.93. The van der Waals surface area contributed by atoms with Crippen LogP contribution in [0.3, 0.4) is 0 Å². The molecule has 0 saturated carbocycles. The Morgan fingerprint density at radius 1 is 1.00 bits per heavy atom. The molecule has 0 fully saturated rings. The average Bonchev–Trinajstić information content (AvgIpc) is 2.71. The van der Waals surface area contributed by atoms with Crippen LogP contribution in [0.1, 0.15) is 5.82 Å². The normalized spacial score (nSPS) is 11.5. The van der Waals surface area contributed by atoms with Gasteiger partial charge in [0.15, 0.2) is 14.8 Å². The van der Waals surface area contributed by atoms with Crippen molar-refractivity contribution in [2.24, 2.45) is 7.05 Å². The van der Waals surface area contributed by atoms with Crippen molar-refractivity contribution < 1.29 is 14.8 Å². The molecule has 16 heteroatoms. The van der Waals surface area contributed by atoms with Crippen LogP contribution in [0.15, 0.2) is 4.79 Å². The summed E-state index contributed by atoms with van der Waals surface area (Å²) in [6.45, 7) is 0. The van der Waals surface area contributed by atoms with Crippen LogP contribution < -0.4 is 5.69 Å². The van der Waals surface area contributed by atoms with E-state index in [0.29, 0.717) is 4.52 Å². The molecule has 0 N–H and O–H groups in total. The van der Waals surface area contributed by atoms with Gasteiger partial charge in [-0.1, -0.05) is 0 Å². The summed E-state index contributed by atoms with van der Waals surface area (Å²) in [7, 11) is 1.21. The number of hydrogen-bond donors (Lipinski definition) is 0. The third kappa shape index (κ3) is 1.65. The van der Waals surface area contributed by atoms with Crippen LogP contribution in [0, 0.1) is 30.3 Å². The number of hydrogen-bond acceptors (Lipinski definition) is 11. The third-order valence-corrected chi connectivity index (χ3v) is 2.39. The van der Waals surface area contributed by atoms with Crippen LogP contribution in [0.5, 0.6) is 0 Å². The maximum atomic E-state index is 11.6. The Hall–Kier alpha value is -3.59. The summed E-state index contributed by atoms with van der Waals surface area (Å²) in [4.78, 5) is 45.0. The molecule has 0 aromatic carbocycles. The number of aryl methyl sites for hydroxylation is 1. The molecule has 16 nitrogen and oxygen atoms in total. The highest BCUT2D eigenvalue weighted by Crippen LogP contribution is 2.22. The predicted octanol–water partition coefficient (Wildman–Crippen LogP) is -2.84. The van der Waals surface area contributed by atoms with Gasteiger partial charge in [0.2, 0.25) is 0 Å². The third-order valence-electron chi connectivity index (χ3n) is 2.39. The molecule has 2 rings (SSSR count). The van der Waals surface area contributed by atoms with Crippen molar-refractivity contribution in [2.45, 2.75) is 5.79 Å². The molecule has 0 aliphatic heterocycles. The van der Waals surface area contributed by atoms with Gasteiger partial charge in [0.05, 0.1) is 0 Å². The maximum Gasteiger partial charge on any atom is 0.763 e. The first kappa shape index (κ1) is 13.8. The lowest BCUT2D eigenvalue weighted by Gasteiger charge is -2.06. The largest absolute Gasteiger partial charge is 0.763 e. The molecular formula is C5H3N9O7. The molecule has 0 amide bonds. The van der Waals surface area contributed by atoms with Gasteiger partial charge >= 0.3 is 17.3 Å². The topological polar surface area (TPSA) is 207 Å². The van der Waals surface area contributed by atoms with Crippen molar-refractivity contribution >= 4 is 5.78 Å². The molecular weight excluding hydrogens is 298 g/mol. The molecule has 0 unspecified atom stereocenters. The van der Waals surface area contributed by atoms with Gasteiger partial charge in [-0.3, -0.25) is 30.3 Å². The summed E-state index contributed by atoms with van der Waals surface area (Å²) in [5.41, 5.74) is -1.34. The Labute approximate surface area is 111 Å². The van der Waals surface area contributed by atoms with Crippen LogP contribution in [-0.4, -0.2) is 44.4 Å². The van der Waals surface area contributed by atoms with E-state index in [1.54, 1.807) is 0 Å². The lowest BCUT2D eigenvalue weighted by molar-refractivity contribution is -0.987. The van der Waals surface area contributed by atoms with Gasteiger partial charge in [-0.05, 0) is 10.4 Å². The van der Waals surface area contributed by atoms with Gasteiger partial charge in [0.1, 0.15) is 0 Å². The molecule has 110 valence electrons. The van der Waals surface area contributed by atoms with E-state index in [0.717, 1.165) is 4.68 Å². The molecule has 0 spiro atoms. The molecule has 0 radical (unpaired) electrons. The fourth-order valence-electron chi connectivity index (χ4n) is 1.41. The van der Waals surface area contributed by atoms with Crippen LogP contribution in [0.4, 0.5) is 0 Å². The molecule has 21 heavy (non-hydrogen) atoms. The van der Waals surface area contributed by atoms with Gasteiger partial charge in [-0.15, -0.1) is 4.52 Å². The van der Waals surface area contributed by atoms with E-state index < -0.39 is 37.8 Å². The van der Waals surface area contributed by atoms with Gasteiger partial charge in [0, 0.05) is 7.05 Å². The minimum atomic E-state index is -4.10. The number of nitrogens with zero attached hydrogens (tertiary/aromatic N) is 9. The van der Waals surface area contributed by atoms with Crippen molar-refractivity contribution in [2.75, 3.05) is 0 Å². The molecule has 0 atom stereocenters. The summed E-state index contributed by atoms with van der Waals surface area (Å²) >= 11 is 0. The first-order valence-electron chi connectivity index (χ1n) is 4.83. The maximum absolute atomic E-state index is 11.6. The lowest BCUT2D eigenvalue weighted by atomic mass is 10.3. The van der Waals surface area contributed by atoms with Crippen molar-refractivity contribution in [3.63, 3.8) is 0 Å².